The van der Waals surface area contributed by atoms with Gasteiger partial charge in [0.25, 0.3) is 0 Å². The lowest BCUT2D eigenvalue weighted by Crippen LogP contribution is -1.97. The first-order chi connectivity index (χ1) is 14.3. The Morgan fingerprint density at radius 1 is 0.867 bits per heavy atom. The Morgan fingerprint density at radius 3 is 2.17 bits per heavy atom. The fraction of sp³-hybridized carbons (Fsp3) is 0.0435. The first-order valence-corrected chi connectivity index (χ1v) is 11.0. The Bertz CT molecular complexity index is 1330. The van der Waals surface area contributed by atoms with Gasteiger partial charge in [0.2, 0.25) is 0 Å². The van der Waals surface area contributed by atoms with Gasteiger partial charge in [0, 0.05) is 23.7 Å². The van der Waals surface area contributed by atoms with Crippen molar-refractivity contribution in [1.82, 2.24) is 9.55 Å². The van der Waals surface area contributed by atoms with Gasteiger partial charge in [-0.2, -0.15) is 0 Å². The molecule has 7 heteroatoms. The van der Waals surface area contributed by atoms with Crippen molar-refractivity contribution in [2.45, 2.75) is 4.90 Å². The van der Waals surface area contributed by atoms with Gasteiger partial charge < -0.3 is 5.11 Å². The van der Waals surface area contributed by atoms with Crippen molar-refractivity contribution >= 4 is 15.8 Å². The quantitative estimate of drug-likeness (QED) is 0.522. The molecule has 0 aliphatic carbocycles. The Kier molecular flexibility index (Phi) is 4.97. The number of hydrogen-bond donors (Lipinski definition) is 1. The van der Waals surface area contributed by atoms with Crippen LogP contribution in [-0.2, 0) is 9.84 Å². The minimum Gasteiger partial charge on any atom is -0.476 e. The number of benzene rings is 3. The molecule has 6 nitrogen and oxygen atoms in total. The number of carboxylic acid groups (broad SMARTS) is 1. The van der Waals surface area contributed by atoms with Gasteiger partial charge >= 0.3 is 5.97 Å². The number of nitrogens with zero attached hydrogens (tertiary/aromatic N) is 2. The first kappa shape index (κ1) is 19.6. The molecule has 0 atom stereocenters. The number of carbonyl (C=O) groups is 1. The van der Waals surface area contributed by atoms with Crippen LogP contribution in [0.25, 0.3) is 28.2 Å². The average Bonchev–Trinajstić information content (AvgIpc) is 3.20. The number of carboxylic acids is 1. The SMILES string of the molecule is CS(=O)(=O)c1cccc(-c2ccc(-n3cc(C(=O)O)nc3-c3ccccc3)cc2)c1. The zero-order chi connectivity index (χ0) is 21.3. The monoisotopic (exact) mass is 418 g/mol. The molecular formula is C23H18N2O4S. The van der Waals surface area contributed by atoms with Crippen LogP contribution in [0.15, 0.2) is 90.0 Å². The highest BCUT2D eigenvalue weighted by Crippen LogP contribution is 2.27. The van der Waals surface area contributed by atoms with Crippen LogP contribution in [0.2, 0.25) is 0 Å². The number of aromatic nitrogens is 2. The Balaban J connectivity index is 1.76. The van der Waals surface area contributed by atoms with E-state index in [0.29, 0.717) is 5.82 Å². The highest BCUT2D eigenvalue weighted by molar-refractivity contribution is 7.90. The average molecular weight is 418 g/mol. The summed E-state index contributed by atoms with van der Waals surface area (Å²) in [5.74, 6) is -0.569. The van der Waals surface area contributed by atoms with E-state index < -0.39 is 15.8 Å². The van der Waals surface area contributed by atoms with Gasteiger partial charge in [-0.25, -0.2) is 18.2 Å². The molecular weight excluding hydrogens is 400 g/mol. The third-order valence-electron chi connectivity index (χ3n) is 4.70. The van der Waals surface area contributed by atoms with Crippen molar-refractivity contribution in [2.24, 2.45) is 0 Å². The Morgan fingerprint density at radius 2 is 1.53 bits per heavy atom. The van der Waals surface area contributed by atoms with Crippen molar-refractivity contribution in [2.75, 3.05) is 6.26 Å². The van der Waals surface area contributed by atoms with Crippen LogP contribution < -0.4 is 0 Å². The molecule has 0 aliphatic heterocycles. The highest BCUT2D eigenvalue weighted by Gasteiger charge is 2.16. The molecule has 4 rings (SSSR count). The van der Waals surface area contributed by atoms with Crippen molar-refractivity contribution in [3.05, 3.63) is 90.8 Å². The Labute approximate surface area is 174 Å². The van der Waals surface area contributed by atoms with E-state index in [4.69, 9.17) is 0 Å². The molecule has 0 bridgehead atoms. The van der Waals surface area contributed by atoms with Crippen LogP contribution in [0.3, 0.4) is 0 Å². The van der Waals surface area contributed by atoms with Gasteiger partial charge in [0.1, 0.15) is 5.82 Å². The summed E-state index contributed by atoms with van der Waals surface area (Å²) >= 11 is 0. The molecule has 1 heterocycles. The smallest absolute Gasteiger partial charge is 0.356 e. The van der Waals surface area contributed by atoms with Crippen LogP contribution in [0, 0.1) is 0 Å². The molecule has 0 amide bonds. The van der Waals surface area contributed by atoms with E-state index >= 15 is 0 Å². The second-order valence-corrected chi connectivity index (χ2v) is 8.85. The molecule has 0 aliphatic rings. The molecule has 150 valence electrons. The summed E-state index contributed by atoms with van der Waals surface area (Å²) in [6.07, 6.45) is 2.67. The van der Waals surface area contributed by atoms with Gasteiger partial charge in [-0.1, -0.05) is 54.6 Å². The lowest BCUT2D eigenvalue weighted by Gasteiger charge is -2.10. The molecule has 0 saturated heterocycles. The summed E-state index contributed by atoms with van der Waals surface area (Å²) in [6.45, 7) is 0. The second kappa shape index (κ2) is 7.61. The summed E-state index contributed by atoms with van der Waals surface area (Å²) < 4.78 is 25.4. The number of imidazole rings is 1. The summed E-state index contributed by atoms with van der Waals surface area (Å²) in [5, 5.41) is 9.38. The zero-order valence-corrected chi connectivity index (χ0v) is 16.9. The van der Waals surface area contributed by atoms with E-state index in [2.05, 4.69) is 4.98 Å². The van der Waals surface area contributed by atoms with E-state index in [9.17, 15) is 18.3 Å². The molecule has 0 radical (unpaired) electrons. The molecule has 1 aromatic heterocycles. The minimum atomic E-state index is -3.29. The van der Waals surface area contributed by atoms with Gasteiger partial charge in [-0.15, -0.1) is 0 Å². The molecule has 1 N–H and O–H groups in total. The molecule has 0 fully saturated rings. The number of sulfone groups is 1. The fourth-order valence-corrected chi connectivity index (χ4v) is 3.86. The van der Waals surface area contributed by atoms with Crippen molar-refractivity contribution in [1.29, 1.82) is 0 Å². The van der Waals surface area contributed by atoms with E-state index in [-0.39, 0.29) is 10.6 Å². The van der Waals surface area contributed by atoms with E-state index in [1.54, 1.807) is 22.8 Å². The van der Waals surface area contributed by atoms with Gasteiger partial charge in [-0.3, -0.25) is 4.57 Å². The molecule has 30 heavy (non-hydrogen) atoms. The summed E-state index contributed by atoms with van der Waals surface area (Å²) in [7, 11) is -3.29. The standard InChI is InChI=1S/C23H18N2O4S/c1-30(28,29)20-9-5-8-18(14-20)16-10-12-19(13-11-16)25-15-21(23(26)27)24-22(25)17-6-3-2-4-7-17/h2-15H,1H3,(H,26,27). The maximum absolute atomic E-state index is 11.8. The van der Waals surface area contributed by atoms with E-state index in [1.165, 1.54) is 12.5 Å². The summed E-state index contributed by atoms with van der Waals surface area (Å²) in [4.78, 5) is 16.0. The molecule has 0 spiro atoms. The fourth-order valence-electron chi connectivity index (χ4n) is 3.19. The maximum atomic E-state index is 11.8. The van der Waals surface area contributed by atoms with Crippen LogP contribution in [0.5, 0.6) is 0 Å². The molecule has 0 saturated carbocycles. The largest absolute Gasteiger partial charge is 0.476 e. The lowest BCUT2D eigenvalue weighted by atomic mass is 10.1. The zero-order valence-electron chi connectivity index (χ0n) is 16.1. The van der Waals surface area contributed by atoms with Crippen molar-refractivity contribution in [3.63, 3.8) is 0 Å². The summed E-state index contributed by atoms with van der Waals surface area (Å²) in [6, 6.07) is 23.6. The number of aromatic carboxylic acids is 1. The van der Waals surface area contributed by atoms with Crippen molar-refractivity contribution < 1.29 is 18.3 Å². The second-order valence-electron chi connectivity index (χ2n) is 6.84. The van der Waals surface area contributed by atoms with Crippen LogP contribution >= 0.6 is 0 Å². The minimum absolute atomic E-state index is 0.0428. The third kappa shape index (κ3) is 3.88. The third-order valence-corrected chi connectivity index (χ3v) is 5.81. The van der Waals surface area contributed by atoms with Gasteiger partial charge in [0.15, 0.2) is 15.5 Å². The van der Waals surface area contributed by atoms with Crippen LogP contribution in [-0.4, -0.2) is 35.3 Å². The summed E-state index contributed by atoms with van der Waals surface area (Å²) in [5.41, 5.74) is 3.14. The normalized spacial score (nSPS) is 11.4. The van der Waals surface area contributed by atoms with Crippen LogP contribution in [0.1, 0.15) is 10.5 Å². The maximum Gasteiger partial charge on any atom is 0.356 e. The molecule has 4 aromatic rings. The number of hydrogen-bond acceptors (Lipinski definition) is 4. The number of rotatable bonds is 5. The molecule has 3 aromatic carbocycles. The van der Waals surface area contributed by atoms with Gasteiger partial charge in [0.05, 0.1) is 4.90 Å². The lowest BCUT2D eigenvalue weighted by molar-refractivity contribution is 0.0691. The predicted molar refractivity (Wildman–Crippen MR) is 115 cm³/mol. The van der Waals surface area contributed by atoms with E-state index in [1.807, 2.05) is 60.7 Å². The van der Waals surface area contributed by atoms with E-state index in [0.717, 1.165) is 22.4 Å². The predicted octanol–water partition coefficient (Wildman–Crippen LogP) is 4.31. The Hall–Kier alpha value is -3.71. The topological polar surface area (TPSA) is 89.3 Å². The van der Waals surface area contributed by atoms with Gasteiger partial charge in [-0.05, 0) is 35.4 Å². The van der Waals surface area contributed by atoms with Crippen LogP contribution in [0.4, 0.5) is 0 Å². The first-order valence-electron chi connectivity index (χ1n) is 9.12. The molecule has 0 unspecified atom stereocenters. The van der Waals surface area contributed by atoms with Crippen molar-refractivity contribution in [3.8, 4) is 28.2 Å². The highest BCUT2D eigenvalue weighted by atomic mass is 32.2.